The Morgan fingerprint density at radius 1 is 1.26 bits per heavy atom. The van der Waals surface area contributed by atoms with E-state index >= 15 is 0 Å². The van der Waals surface area contributed by atoms with E-state index in [0.29, 0.717) is 21.4 Å². The zero-order valence-corrected chi connectivity index (χ0v) is 13.7. The van der Waals surface area contributed by atoms with Gasteiger partial charge in [0.15, 0.2) is 5.13 Å². The van der Waals surface area contributed by atoms with Crippen LogP contribution in [-0.2, 0) is 6.42 Å². The number of hydrogen-bond donors (Lipinski definition) is 2. The summed E-state index contributed by atoms with van der Waals surface area (Å²) < 4.78 is 1.08. The summed E-state index contributed by atoms with van der Waals surface area (Å²) in [5.74, 6) is -0.284. The molecule has 0 fully saturated rings. The number of fused-ring (bicyclic) bond motifs is 2. The van der Waals surface area contributed by atoms with Crippen LogP contribution in [0.4, 0.5) is 5.13 Å². The fourth-order valence-corrected chi connectivity index (χ4v) is 4.42. The van der Waals surface area contributed by atoms with Gasteiger partial charge >= 0.3 is 0 Å². The molecule has 0 saturated heterocycles. The second-order valence-electron chi connectivity index (χ2n) is 5.26. The average molecular weight is 343 g/mol. The molecule has 0 bridgehead atoms. The first-order valence-corrected chi connectivity index (χ1v) is 8.92. The van der Waals surface area contributed by atoms with Crippen LogP contribution in [0.1, 0.15) is 31.5 Å². The number of hydrogen-bond acceptors (Lipinski definition) is 5. The Bertz CT molecular complexity index is 880. The first-order chi connectivity index (χ1) is 11.2. The van der Waals surface area contributed by atoms with E-state index in [-0.39, 0.29) is 11.8 Å². The number of amides is 2. The van der Waals surface area contributed by atoms with Gasteiger partial charge in [-0.15, -0.1) is 11.3 Å². The highest BCUT2D eigenvalue weighted by molar-refractivity contribution is 7.21. The van der Waals surface area contributed by atoms with Gasteiger partial charge in [0, 0.05) is 11.2 Å². The Labute approximate surface area is 140 Å². The fourth-order valence-electron chi connectivity index (χ4n) is 2.54. The largest absolute Gasteiger partial charge is 0.351 e. The zero-order chi connectivity index (χ0) is 15.8. The van der Waals surface area contributed by atoms with Crippen LogP contribution in [0.3, 0.4) is 0 Å². The maximum atomic E-state index is 12.4. The third kappa shape index (κ3) is 2.73. The summed E-state index contributed by atoms with van der Waals surface area (Å²) in [6.07, 6.45) is 1.62. The van der Waals surface area contributed by atoms with Crippen molar-refractivity contribution in [2.24, 2.45) is 0 Å². The molecule has 3 heterocycles. The standard InChI is InChI=1S/C16H13N3O2S2/c20-14(12-8-9-4-1-2-6-11(9)22-12)19-16-18-10-5-3-7-17-15(21)13(10)23-16/h1-2,4,6,8H,3,5,7H2,(H,17,21)(H,18,19,20). The second-order valence-corrected chi connectivity index (χ2v) is 7.34. The highest BCUT2D eigenvalue weighted by Gasteiger charge is 2.21. The van der Waals surface area contributed by atoms with Crippen molar-refractivity contribution < 1.29 is 9.59 Å². The molecule has 2 N–H and O–H groups in total. The molecule has 4 rings (SSSR count). The van der Waals surface area contributed by atoms with E-state index in [4.69, 9.17) is 0 Å². The summed E-state index contributed by atoms with van der Waals surface area (Å²) in [5, 5.41) is 7.19. The number of nitrogens with zero attached hydrogens (tertiary/aromatic N) is 1. The lowest BCUT2D eigenvalue weighted by atomic mass is 10.2. The molecule has 0 spiro atoms. The molecule has 1 aromatic carbocycles. The van der Waals surface area contributed by atoms with E-state index in [0.717, 1.165) is 28.6 Å². The minimum atomic E-state index is -0.185. The van der Waals surface area contributed by atoms with Crippen molar-refractivity contribution in [2.75, 3.05) is 11.9 Å². The topological polar surface area (TPSA) is 71.1 Å². The number of aryl methyl sites for hydroxylation is 1. The average Bonchev–Trinajstić information content (AvgIpc) is 3.11. The number of carbonyl (C=O) groups excluding carboxylic acids is 2. The van der Waals surface area contributed by atoms with Gasteiger partial charge in [-0.3, -0.25) is 14.9 Å². The van der Waals surface area contributed by atoms with Crippen LogP contribution in [0.15, 0.2) is 30.3 Å². The number of nitrogens with one attached hydrogen (secondary N) is 2. The minimum Gasteiger partial charge on any atom is -0.351 e. The molecule has 0 saturated carbocycles. The fraction of sp³-hybridized carbons (Fsp3) is 0.188. The van der Waals surface area contributed by atoms with E-state index < -0.39 is 0 Å². The Kier molecular flexibility index (Phi) is 3.59. The van der Waals surface area contributed by atoms with E-state index in [1.54, 1.807) is 0 Å². The first-order valence-electron chi connectivity index (χ1n) is 7.28. The monoisotopic (exact) mass is 343 g/mol. The minimum absolute atomic E-state index is 0.0997. The molecule has 0 radical (unpaired) electrons. The predicted octanol–water partition coefficient (Wildman–Crippen LogP) is 3.29. The van der Waals surface area contributed by atoms with Crippen molar-refractivity contribution in [1.82, 2.24) is 10.3 Å². The van der Waals surface area contributed by atoms with Gasteiger partial charge in [0.1, 0.15) is 4.88 Å². The summed E-state index contributed by atoms with van der Waals surface area (Å²) in [6, 6.07) is 9.76. The Balaban J connectivity index is 1.59. The molecule has 2 amide bonds. The number of carbonyl (C=O) groups is 2. The second kappa shape index (κ2) is 5.75. The number of thiazole rings is 1. The summed E-state index contributed by atoms with van der Waals surface area (Å²) >= 11 is 2.69. The van der Waals surface area contributed by atoms with Crippen molar-refractivity contribution in [3.63, 3.8) is 0 Å². The molecule has 0 aliphatic carbocycles. The van der Waals surface area contributed by atoms with Crippen LogP contribution in [-0.4, -0.2) is 23.3 Å². The van der Waals surface area contributed by atoms with Crippen LogP contribution in [0.5, 0.6) is 0 Å². The Morgan fingerprint density at radius 2 is 2.13 bits per heavy atom. The number of aromatic nitrogens is 1. The van der Waals surface area contributed by atoms with Gasteiger partial charge in [-0.1, -0.05) is 29.5 Å². The molecule has 23 heavy (non-hydrogen) atoms. The van der Waals surface area contributed by atoms with Crippen LogP contribution in [0.2, 0.25) is 0 Å². The van der Waals surface area contributed by atoms with Crippen LogP contribution in [0, 0.1) is 0 Å². The molecule has 116 valence electrons. The predicted molar refractivity (Wildman–Crippen MR) is 92.5 cm³/mol. The van der Waals surface area contributed by atoms with Gasteiger partial charge in [0.2, 0.25) is 0 Å². The maximum Gasteiger partial charge on any atom is 0.267 e. The summed E-state index contributed by atoms with van der Waals surface area (Å²) in [7, 11) is 0. The highest BCUT2D eigenvalue weighted by Crippen LogP contribution is 2.28. The summed E-state index contributed by atoms with van der Waals surface area (Å²) in [6.45, 7) is 0.672. The van der Waals surface area contributed by atoms with Crippen molar-refractivity contribution >= 4 is 49.7 Å². The molecule has 7 heteroatoms. The van der Waals surface area contributed by atoms with Gasteiger partial charge in [-0.25, -0.2) is 4.98 Å². The van der Waals surface area contributed by atoms with Gasteiger partial charge in [0.25, 0.3) is 11.8 Å². The molecule has 3 aromatic rings. The van der Waals surface area contributed by atoms with E-state index in [1.807, 2.05) is 30.3 Å². The van der Waals surface area contributed by atoms with Gasteiger partial charge in [0.05, 0.1) is 10.6 Å². The number of anilines is 1. The lowest BCUT2D eigenvalue weighted by molar-refractivity contribution is 0.0959. The van der Waals surface area contributed by atoms with Gasteiger partial charge in [-0.2, -0.15) is 0 Å². The Morgan fingerprint density at radius 3 is 3.00 bits per heavy atom. The van der Waals surface area contributed by atoms with Crippen molar-refractivity contribution in [3.05, 3.63) is 45.8 Å². The van der Waals surface area contributed by atoms with Gasteiger partial charge in [-0.05, 0) is 30.4 Å². The first kappa shape index (κ1) is 14.3. The van der Waals surface area contributed by atoms with Crippen LogP contribution >= 0.6 is 22.7 Å². The van der Waals surface area contributed by atoms with E-state index in [9.17, 15) is 9.59 Å². The summed E-state index contributed by atoms with van der Waals surface area (Å²) in [4.78, 5) is 30.0. The van der Waals surface area contributed by atoms with E-state index in [2.05, 4.69) is 15.6 Å². The maximum absolute atomic E-state index is 12.4. The SMILES string of the molecule is O=C(Nc1nc2c(s1)C(=O)NCCC2)c1cc2ccccc2s1. The normalized spacial score (nSPS) is 14.2. The number of thiophene rings is 1. The van der Waals surface area contributed by atoms with Gasteiger partial charge < -0.3 is 5.32 Å². The molecule has 1 aliphatic heterocycles. The smallest absolute Gasteiger partial charge is 0.267 e. The lowest BCUT2D eigenvalue weighted by Gasteiger charge is -1.99. The molecular formula is C16H13N3O2S2. The third-order valence-corrected chi connectivity index (χ3v) is 5.78. The molecule has 1 aliphatic rings. The van der Waals surface area contributed by atoms with Crippen molar-refractivity contribution in [2.45, 2.75) is 12.8 Å². The quantitative estimate of drug-likeness (QED) is 0.750. The third-order valence-electron chi connectivity index (χ3n) is 3.65. The lowest BCUT2D eigenvalue weighted by Crippen LogP contribution is -2.21. The summed E-state index contributed by atoms with van der Waals surface area (Å²) in [5.41, 5.74) is 0.775. The van der Waals surface area contributed by atoms with Crippen molar-refractivity contribution in [1.29, 1.82) is 0 Å². The van der Waals surface area contributed by atoms with Crippen LogP contribution < -0.4 is 10.6 Å². The molecular weight excluding hydrogens is 330 g/mol. The number of rotatable bonds is 2. The zero-order valence-electron chi connectivity index (χ0n) is 12.1. The molecule has 2 aromatic heterocycles. The molecule has 5 nitrogen and oxygen atoms in total. The molecule has 0 unspecified atom stereocenters. The highest BCUT2D eigenvalue weighted by atomic mass is 32.1. The van der Waals surface area contributed by atoms with Crippen molar-refractivity contribution in [3.8, 4) is 0 Å². The van der Waals surface area contributed by atoms with Crippen LogP contribution in [0.25, 0.3) is 10.1 Å². The van der Waals surface area contributed by atoms with E-state index in [1.165, 1.54) is 22.7 Å². The number of benzene rings is 1. The molecule has 0 atom stereocenters. The Hall–Kier alpha value is -2.25.